The summed E-state index contributed by atoms with van der Waals surface area (Å²) in [7, 11) is 0. The molecule has 0 spiro atoms. The van der Waals surface area contributed by atoms with Crippen molar-refractivity contribution in [2.75, 3.05) is 18.6 Å². The van der Waals surface area contributed by atoms with Crippen molar-refractivity contribution in [1.82, 2.24) is 9.80 Å². The first kappa shape index (κ1) is 19.6. The fourth-order valence-corrected chi connectivity index (χ4v) is 3.81. The minimum Gasteiger partial charge on any atom is -0.331 e. The van der Waals surface area contributed by atoms with Crippen LogP contribution in [0.2, 0.25) is 5.02 Å². The van der Waals surface area contributed by atoms with Gasteiger partial charge in [-0.25, -0.2) is 4.39 Å². The molecular weight excluding hydrogens is 369 g/mol. The van der Waals surface area contributed by atoms with Crippen molar-refractivity contribution < 1.29 is 14.4 Å². The number of hydrogen-bond acceptors (Lipinski definition) is 4. The molecule has 1 saturated heterocycles. The van der Waals surface area contributed by atoms with E-state index in [1.54, 1.807) is 30.3 Å². The Morgan fingerprint density at radius 3 is 2.37 bits per heavy atom. The van der Waals surface area contributed by atoms with E-state index < -0.39 is 5.82 Å². The van der Waals surface area contributed by atoms with E-state index in [0.717, 1.165) is 5.56 Å². The number of nitrogens with zero attached hydrogens (tertiary/aromatic N) is 2. The second kappa shape index (κ2) is 8.25. The predicted molar refractivity (Wildman–Crippen MR) is 104 cm³/mol. The molecule has 1 fully saturated rings. The molecule has 144 valence electrons. The van der Waals surface area contributed by atoms with E-state index in [0.29, 0.717) is 30.9 Å². The molecule has 1 heterocycles. The third-order valence-corrected chi connectivity index (χ3v) is 5.19. The molecule has 5 nitrogen and oxygen atoms in total. The Labute approximate surface area is 163 Å². The number of piperazine rings is 1. The summed E-state index contributed by atoms with van der Waals surface area (Å²) in [6, 6.07) is 11.6. The van der Waals surface area contributed by atoms with Crippen LogP contribution in [0.4, 0.5) is 10.1 Å². The molecule has 0 aromatic heterocycles. The van der Waals surface area contributed by atoms with E-state index in [1.165, 1.54) is 6.07 Å². The number of halogens is 2. The molecule has 0 aliphatic carbocycles. The Morgan fingerprint density at radius 2 is 1.81 bits per heavy atom. The molecule has 1 aliphatic rings. The Balaban J connectivity index is 1.68. The predicted octanol–water partition coefficient (Wildman–Crippen LogP) is 4.02. The summed E-state index contributed by atoms with van der Waals surface area (Å²) in [6.07, 6.45) is 0. The first-order chi connectivity index (χ1) is 12.9. The topological polar surface area (TPSA) is 55.8 Å². The lowest BCUT2D eigenvalue weighted by atomic mass is 10.0. The molecule has 2 N–H and O–H groups in total. The zero-order chi connectivity index (χ0) is 19.6. The second-order valence-electron chi connectivity index (χ2n) is 7.04. The van der Waals surface area contributed by atoms with Crippen LogP contribution >= 0.6 is 11.6 Å². The van der Waals surface area contributed by atoms with Gasteiger partial charge in [-0.05, 0) is 55.8 Å². The Hall–Kier alpha value is -2.15. The lowest BCUT2D eigenvalue weighted by molar-refractivity contribution is 0.0268. The molecule has 1 aliphatic heterocycles. The molecule has 1 amide bonds. The van der Waals surface area contributed by atoms with Crippen molar-refractivity contribution in [3.8, 4) is 0 Å². The van der Waals surface area contributed by atoms with Crippen molar-refractivity contribution >= 4 is 23.2 Å². The fourth-order valence-electron chi connectivity index (χ4n) is 3.69. The Kier molecular flexibility index (Phi) is 5.99. The molecule has 2 unspecified atom stereocenters. The van der Waals surface area contributed by atoms with Crippen molar-refractivity contribution in [1.29, 1.82) is 0 Å². The maximum atomic E-state index is 13.7. The highest BCUT2D eigenvalue weighted by Gasteiger charge is 2.33. The lowest BCUT2D eigenvalue weighted by Crippen LogP contribution is -2.58. The van der Waals surface area contributed by atoms with Crippen molar-refractivity contribution in [2.45, 2.75) is 32.5 Å². The Bertz CT molecular complexity index is 803. The van der Waals surface area contributed by atoms with Gasteiger partial charge in [0, 0.05) is 37.3 Å². The summed E-state index contributed by atoms with van der Waals surface area (Å²) in [5, 5.41) is 9.02. The van der Waals surface area contributed by atoms with E-state index >= 15 is 0 Å². The highest BCUT2D eigenvalue weighted by molar-refractivity contribution is 6.30. The minimum absolute atomic E-state index is 0.0223. The number of nitrogens with one attached hydrogen (secondary N) is 1. The van der Waals surface area contributed by atoms with Crippen molar-refractivity contribution in [2.24, 2.45) is 0 Å². The maximum Gasteiger partial charge on any atom is 0.254 e. The number of hydrogen-bond donors (Lipinski definition) is 2. The van der Waals surface area contributed by atoms with Crippen LogP contribution in [0.25, 0.3) is 0 Å². The number of anilines is 1. The molecule has 0 bridgehead atoms. The number of carbonyl (C=O) groups excluding carboxylic acids is 1. The zero-order valence-electron chi connectivity index (χ0n) is 15.3. The van der Waals surface area contributed by atoms with Gasteiger partial charge in [-0.3, -0.25) is 20.4 Å². The normalized spacial score (nSPS) is 20.6. The van der Waals surface area contributed by atoms with Gasteiger partial charge < -0.3 is 4.90 Å². The second-order valence-corrected chi connectivity index (χ2v) is 7.45. The first-order valence-corrected chi connectivity index (χ1v) is 9.26. The summed E-state index contributed by atoms with van der Waals surface area (Å²) in [5.41, 5.74) is 4.04. The van der Waals surface area contributed by atoms with E-state index in [4.69, 9.17) is 16.8 Å². The van der Waals surface area contributed by atoms with Crippen molar-refractivity contribution in [3.05, 3.63) is 64.4 Å². The fraction of sp³-hybridized carbons (Fsp3) is 0.350. The summed E-state index contributed by atoms with van der Waals surface area (Å²) in [5.74, 6) is -0.443. The summed E-state index contributed by atoms with van der Waals surface area (Å²) < 4.78 is 13.7. The first-order valence-electron chi connectivity index (χ1n) is 8.88. The largest absolute Gasteiger partial charge is 0.331 e. The number of amides is 1. The van der Waals surface area contributed by atoms with Crippen LogP contribution < -0.4 is 5.48 Å². The molecule has 7 heteroatoms. The highest BCUT2D eigenvalue weighted by Crippen LogP contribution is 2.23. The molecular formula is C20H23ClFN3O2. The number of benzene rings is 2. The average Bonchev–Trinajstić information content (AvgIpc) is 2.64. The SMILES string of the molecule is CC1CN(Cc2ccc(Cl)c(F)c2)CC(C)N1C(=O)c1ccc(NO)cc1. The van der Waals surface area contributed by atoms with Gasteiger partial charge in [-0.1, -0.05) is 17.7 Å². The van der Waals surface area contributed by atoms with Crippen LogP contribution in [-0.4, -0.2) is 46.1 Å². The molecule has 2 aromatic rings. The van der Waals surface area contributed by atoms with E-state index in [1.807, 2.05) is 24.8 Å². The molecule has 3 rings (SSSR count). The minimum atomic E-state index is -0.412. The standard InChI is InChI=1S/C20H23ClFN3O2/c1-13-10-24(12-15-3-8-18(21)19(22)9-15)11-14(2)25(13)20(26)16-4-6-17(23-27)7-5-16/h3-9,13-14,23,27H,10-12H2,1-2H3. The average molecular weight is 392 g/mol. The van der Waals surface area contributed by atoms with Crippen LogP contribution in [-0.2, 0) is 6.54 Å². The van der Waals surface area contributed by atoms with Crippen LogP contribution in [0.1, 0.15) is 29.8 Å². The van der Waals surface area contributed by atoms with Gasteiger partial charge in [0.25, 0.3) is 5.91 Å². The Morgan fingerprint density at radius 1 is 1.19 bits per heavy atom. The van der Waals surface area contributed by atoms with Gasteiger partial charge in [0.1, 0.15) is 5.82 Å². The smallest absolute Gasteiger partial charge is 0.254 e. The van der Waals surface area contributed by atoms with Crippen LogP contribution in [0.15, 0.2) is 42.5 Å². The van der Waals surface area contributed by atoms with E-state index in [-0.39, 0.29) is 23.0 Å². The van der Waals surface area contributed by atoms with Gasteiger partial charge in [0.05, 0.1) is 10.7 Å². The van der Waals surface area contributed by atoms with E-state index in [2.05, 4.69) is 10.4 Å². The van der Waals surface area contributed by atoms with Crippen LogP contribution in [0, 0.1) is 5.82 Å². The molecule has 2 atom stereocenters. The quantitative estimate of drug-likeness (QED) is 0.773. The molecule has 0 radical (unpaired) electrons. The number of rotatable bonds is 4. The van der Waals surface area contributed by atoms with Gasteiger partial charge in [-0.2, -0.15) is 0 Å². The van der Waals surface area contributed by atoms with Gasteiger partial charge in [0.2, 0.25) is 0 Å². The number of carbonyl (C=O) groups is 1. The van der Waals surface area contributed by atoms with Gasteiger partial charge in [-0.15, -0.1) is 0 Å². The third-order valence-electron chi connectivity index (χ3n) is 4.88. The maximum absolute atomic E-state index is 13.7. The summed E-state index contributed by atoms with van der Waals surface area (Å²) in [4.78, 5) is 17.0. The molecule has 0 saturated carbocycles. The molecule has 27 heavy (non-hydrogen) atoms. The van der Waals surface area contributed by atoms with Gasteiger partial charge >= 0.3 is 0 Å². The summed E-state index contributed by atoms with van der Waals surface area (Å²) >= 11 is 5.75. The van der Waals surface area contributed by atoms with Crippen LogP contribution in [0.3, 0.4) is 0 Å². The summed E-state index contributed by atoms with van der Waals surface area (Å²) in [6.45, 7) is 6.06. The van der Waals surface area contributed by atoms with Crippen LogP contribution in [0.5, 0.6) is 0 Å². The third kappa shape index (κ3) is 4.40. The van der Waals surface area contributed by atoms with E-state index in [9.17, 15) is 9.18 Å². The highest BCUT2D eigenvalue weighted by atomic mass is 35.5. The molecule has 2 aromatic carbocycles. The monoisotopic (exact) mass is 391 g/mol. The van der Waals surface area contributed by atoms with Crippen molar-refractivity contribution in [3.63, 3.8) is 0 Å². The lowest BCUT2D eigenvalue weighted by Gasteiger charge is -2.44. The zero-order valence-corrected chi connectivity index (χ0v) is 16.1. The van der Waals surface area contributed by atoms with Gasteiger partial charge in [0.15, 0.2) is 0 Å².